The lowest BCUT2D eigenvalue weighted by Crippen LogP contribution is -2.16. The van der Waals surface area contributed by atoms with Crippen LogP contribution in [0.4, 0.5) is 0 Å². The van der Waals surface area contributed by atoms with Crippen molar-refractivity contribution in [1.82, 2.24) is 0 Å². The summed E-state index contributed by atoms with van der Waals surface area (Å²) in [6.45, 7) is 0.656. The van der Waals surface area contributed by atoms with E-state index in [2.05, 4.69) is 17.2 Å². The van der Waals surface area contributed by atoms with E-state index < -0.39 is 0 Å². The van der Waals surface area contributed by atoms with Crippen molar-refractivity contribution in [2.24, 2.45) is 4.99 Å². The summed E-state index contributed by atoms with van der Waals surface area (Å²) in [5, 5.41) is 2.02. The molecule has 1 rings (SSSR count). The van der Waals surface area contributed by atoms with E-state index in [1.165, 1.54) is 0 Å². The van der Waals surface area contributed by atoms with Gasteiger partial charge in [0.25, 0.3) is 5.91 Å². The van der Waals surface area contributed by atoms with Crippen LogP contribution in [0.2, 0.25) is 0 Å². The first-order valence-corrected chi connectivity index (χ1v) is 3.49. The highest BCUT2D eigenvalue weighted by atomic mass is 32.1. The lowest BCUT2D eigenvalue weighted by molar-refractivity contribution is -0.126. The number of hydrogen-bond acceptors (Lipinski definition) is 3. The molecule has 1 unspecified atom stereocenters. The molecule has 1 atom stereocenters. The summed E-state index contributed by atoms with van der Waals surface area (Å²) in [6.07, 6.45) is 1.35. The lowest BCUT2D eigenvalue weighted by Gasteiger charge is -1.99. The van der Waals surface area contributed by atoms with Crippen LogP contribution < -0.4 is 0 Å². The molecule has 1 aliphatic rings. The third kappa shape index (κ3) is 1.70. The summed E-state index contributed by atoms with van der Waals surface area (Å²) in [7, 11) is 0. The smallest absolute Gasteiger partial charge is 0.283 e. The number of carbonyl (C=O) groups is 1. The van der Waals surface area contributed by atoms with E-state index in [9.17, 15) is 4.79 Å². The minimum absolute atomic E-state index is 0.299. The van der Waals surface area contributed by atoms with Crippen LogP contribution in [0.5, 0.6) is 0 Å². The van der Waals surface area contributed by atoms with Gasteiger partial charge in [0.05, 0.1) is 5.16 Å². The first-order valence-electron chi connectivity index (χ1n) is 3.08. The number of ether oxygens (including phenoxy) is 1. The summed E-state index contributed by atoms with van der Waals surface area (Å²) in [4.78, 5) is 14.1. The maximum atomic E-state index is 10.8. The monoisotopic (exact) mass is 157 g/mol. The standard InChI is InChI=1S/C6H7NO2S/c8-6(7-4-10)5-2-1-3-9-5/h5H,1-3H2. The summed E-state index contributed by atoms with van der Waals surface area (Å²) >= 11 is 4.27. The van der Waals surface area contributed by atoms with Crippen LogP contribution in [0.15, 0.2) is 4.99 Å². The van der Waals surface area contributed by atoms with Crippen molar-refractivity contribution in [3.8, 4) is 0 Å². The second kappa shape index (κ2) is 3.56. The maximum Gasteiger partial charge on any atom is 0.283 e. The van der Waals surface area contributed by atoms with Crippen molar-refractivity contribution < 1.29 is 9.53 Å². The summed E-state index contributed by atoms with van der Waals surface area (Å²) < 4.78 is 5.04. The van der Waals surface area contributed by atoms with E-state index >= 15 is 0 Å². The third-order valence-corrected chi connectivity index (χ3v) is 1.45. The van der Waals surface area contributed by atoms with Gasteiger partial charge in [0, 0.05) is 6.61 Å². The summed E-state index contributed by atoms with van der Waals surface area (Å²) in [6, 6.07) is 0. The normalized spacial score (nSPS) is 23.8. The van der Waals surface area contributed by atoms with E-state index in [1.807, 2.05) is 5.16 Å². The molecule has 3 nitrogen and oxygen atoms in total. The molecule has 0 bridgehead atoms. The van der Waals surface area contributed by atoms with E-state index in [4.69, 9.17) is 4.74 Å². The fourth-order valence-corrected chi connectivity index (χ4v) is 0.979. The van der Waals surface area contributed by atoms with Gasteiger partial charge >= 0.3 is 0 Å². The zero-order valence-corrected chi connectivity index (χ0v) is 6.19. The molecule has 10 heavy (non-hydrogen) atoms. The van der Waals surface area contributed by atoms with Gasteiger partial charge in [-0.25, -0.2) is 0 Å². The van der Waals surface area contributed by atoms with Gasteiger partial charge in [-0.05, 0) is 25.1 Å². The zero-order chi connectivity index (χ0) is 7.40. The number of nitrogens with zero attached hydrogens (tertiary/aromatic N) is 1. The average Bonchev–Trinajstić information content (AvgIpc) is 2.38. The number of aliphatic imine (C=N–C) groups is 1. The number of rotatable bonds is 1. The number of hydrogen-bond donors (Lipinski definition) is 0. The number of thiocarbonyl (C=S) groups is 1. The molecule has 0 radical (unpaired) electrons. The predicted octanol–water partition coefficient (Wildman–Crippen LogP) is 0.795. The molecule has 0 aromatic carbocycles. The molecular formula is C6H7NO2S. The zero-order valence-electron chi connectivity index (χ0n) is 5.37. The molecule has 0 aromatic heterocycles. The molecule has 0 spiro atoms. The highest BCUT2D eigenvalue weighted by molar-refractivity contribution is 7.78. The van der Waals surface area contributed by atoms with Crippen LogP contribution in [0, 0.1) is 0 Å². The Morgan fingerprint density at radius 2 is 2.60 bits per heavy atom. The molecule has 0 saturated carbocycles. The second-order valence-corrected chi connectivity index (χ2v) is 2.23. The van der Waals surface area contributed by atoms with Crippen molar-refractivity contribution in [1.29, 1.82) is 0 Å². The topological polar surface area (TPSA) is 38.7 Å². The fourth-order valence-electron chi connectivity index (χ4n) is 0.889. The Labute approximate surface area is 64.1 Å². The first-order chi connectivity index (χ1) is 4.84. The van der Waals surface area contributed by atoms with E-state index in [0.717, 1.165) is 12.8 Å². The van der Waals surface area contributed by atoms with Crippen molar-refractivity contribution >= 4 is 23.3 Å². The Morgan fingerprint density at radius 3 is 3.10 bits per heavy atom. The van der Waals surface area contributed by atoms with Gasteiger partial charge in [0.2, 0.25) is 0 Å². The summed E-state index contributed by atoms with van der Waals surface area (Å²) in [5.74, 6) is -0.299. The highest BCUT2D eigenvalue weighted by Crippen LogP contribution is 2.12. The Kier molecular flexibility index (Phi) is 2.68. The van der Waals surface area contributed by atoms with Crippen LogP contribution in [0.1, 0.15) is 12.8 Å². The van der Waals surface area contributed by atoms with E-state index in [1.54, 1.807) is 0 Å². The van der Waals surface area contributed by atoms with Crippen LogP contribution >= 0.6 is 12.2 Å². The molecule has 1 fully saturated rings. The summed E-state index contributed by atoms with van der Waals surface area (Å²) in [5.41, 5.74) is 0. The molecule has 1 amide bonds. The van der Waals surface area contributed by atoms with Crippen LogP contribution in [-0.4, -0.2) is 23.8 Å². The van der Waals surface area contributed by atoms with Crippen LogP contribution in [0.25, 0.3) is 0 Å². The number of isothiocyanates is 1. The van der Waals surface area contributed by atoms with Crippen LogP contribution in [0.3, 0.4) is 0 Å². The van der Waals surface area contributed by atoms with Gasteiger partial charge < -0.3 is 4.74 Å². The molecule has 1 heterocycles. The average molecular weight is 157 g/mol. The molecular weight excluding hydrogens is 150 g/mol. The van der Waals surface area contributed by atoms with Crippen molar-refractivity contribution in [3.05, 3.63) is 0 Å². The second-order valence-electron chi connectivity index (χ2n) is 2.04. The third-order valence-electron chi connectivity index (χ3n) is 1.36. The fraction of sp³-hybridized carbons (Fsp3) is 0.667. The van der Waals surface area contributed by atoms with Gasteiger partial charge in [0.15, 0.2) is 0 Å². The Balaban J connectivity index is 2.47. The minimum atomic E-state index is -0.351. The van der Waals surface area contributed by atoms with Crippen molar-refractivity contribution in [2.75, 3.05) is 6.61 Å². The predicted molar refractivity (Wildman–Crippen MR) is 39.0 cm³/mol. The van der Waals surface area contributed by atoms with Gasteiger partial charge in [-0.3, -0.25) is 4.79 Å². The highest BCUT2D eigenvalue weighted by Gasteiger charge is 2.22. The Hall–Kier alpha value is -0.570. The van der Waals surface area contributed by atoms with E-state index in [0.29, 0.717) is 6.61 Å². The minimum Gasteiger partial charge on any atom is -0.368 e. The molecule has 0 N–H and O–H groups in total. The first kappa shape index (κ1) is 7.54. The SMILES string of the molecule is O=C(N=C=S)C1CCCO1. The molecule has 0 aromatic rings. The number of carbonyl (C=O) groups excluding carboxylic acids is 1. The van der Waals surface area contributed by atoms with Gasteiger partial charge in [-0.1, -0.05) is 0 Å². The van der Waals surface area contributed by atoms with Crippen LogP contribution in [-0.2, 0) is 9.53 Å². The largest absolute Gasteiger partial charge is 0.368 e. The molecule has 54 valence electrons. The van der Waals surface area contributed by atoms with Gasteiger partial charge in [-0.15, -0.1) is 0 Å². The van der Waals surface area contributed by atoms with Crippen molar-refractivity contribution in [2.45, 2.75) is 18.9 Å². The molecule has 4 heteroatoms. The Morgan fingerprint density at radius 1 is 1.80 bits per heavy atom. The van der Waals surface area contributed by atoms with E-state index in [-0.39, 0.29) is 12.0 Å². The maximum absolute atomic E-state index is 10.8. The Bertz CT molecular complexity index is 180. The van der Waals surface area contributed by atoms with Gasteiger partial charge in [0.1, 0.15) is 6.10 Å². The molecule has 1 saturated heterocycles. The van der Waals surface area contributed by atoms with Crippen molar-refractivity contribution in [3.63, 3.8) is 0 Å². The quantitative estimate of drug-likeness (QED) is 0.417. The molecule has 0 aliphatic carbocycles. The van der Waals surface area contributed by atoms with Gasteiger partial charge in [-0.2, -0.15) is 4.99 Å². The lowest BCUT2D eigenvalue weighted by atomic mass is 10.2. The number of amides is 1. The molecule has 1 aliphatic heterocycles.